The summed E-state index contributed by atoms with van der Waals surface area (Å²) in [7, 11) is 1.51. The lowest BCUT2D eigenvalue weighted by Gasteiger charge is -2.08. The van der Waals surface area contributed by atoms with E-state index in [0.717, 1.165) is 17.5 Å². The number of halogens is 1. The summed E-state index contributed by atoms with van der Waals surface area (Å²) in [4.78, 5) is 20.2. The molecule has 0 aliphatic heterocycles. The summed E-state index contributed by atoms with van der Waals surface area (Å²) in [5, 5.41) is 9.81. The molecule has 2 aromatic rings. The van der Waals surface area contributed by atoms with Crippen molar-refractivity contribution in [3.8, 4) is 5.88 Å². The Bertz CT molecular complexity index is 664. The molecule has 0 unspecified atom stereocenters. The number of benzene rings is 1. The van der Waals surface area contributed by atoms with E-state index >= 15 is 0 Å². The Hall–Kier alpha value is -1.79. The van der Waals surface area contributed by atoms with Gasteiger partial charge in [0.05, 0.1) is 17.7 Å². The molecular formula is C13H11ClN2O3S. The number of carboxylic acid groups (broad SMARTS) is 1. The molecule has 0 saturated carbocycles. The SMILES string of the molecule is COc1cc(C)nc(Sc2cccc(Cl)c2C(=O)O)n1. The molecule has 0 fully saturated rings. The minimum absolute atomic E-state index is 0.0447. The summed E-state index contributed by atoms with van der Waals surface area (Å²) >= 11 is 7.05. The van der Waals surface area contributed by atoms with Crippen molar-refractivity contribution < 1.29 is 14.6 Å². The van der Waals surface area contributed by atoms with Gasteiger partial charge in [-0.3, -0.25) is 0 Å². The van der Waals surface area contributed by atoms with Crippen molar-refractivity contribution >= 4 is 29.3 Å². The standard InChI is InChI=1S/C13H11ClN2O3S/c1-7-6-10(19-2)16-13(15-7)20-9-5-3-4-8(14)11(9)12(17)18/h3-6H,1-2H3,(H,17,18). The van der Waals surface area contributed by atoms with E-state index in [1.54, 1.807) is 18.2 Å². The quantitative estimate of drug-likeness (QED) is 0.874. The number of aromatic nitrogens is 2. The maximum Gasteiger partial charge on any atom is 0.338 e. The van der Waals surface area contributed by atoms with Crippen LogP contribution in [0.15, 0.2) is 34.3 Å². The molecule has 1 N–H and O–H groups in total. The zero-order valence-electron chi connectivity index (χ0n) is 10.8. The van der Waals surface area contributed by atoms with E-state index in [9.17, 15) is 9.90 Å². The third-order valence-corrected chi connectivity index (χ3v) is 3.65. The first-order valence-electron chi connectivity index (χ1n) is 5.60. The number of hydrogen-bond donors (Lipinski definition) is 1. The first-order valence-corrected chi connectivity index (χ1v) is 6.80. The molecule has 0 amide bonds. The molecule has 0 atom stereocenters. The zero-order valence-corrected chi connectivity index (χ0v) is 12.3. The van der Waals surface area contributed by atoms with Gasteiger partial charge in [0.2, 0.25) is 5.88 Å². The van der Waals surface area contributed by atoms with Crippen LogP contribution in [0.5, 0.6) is 5.88 Å². The van der Waals surface area contributed by atoms with Gasteiger partial charge in [0.25, 0.3) is 0 Å². The van der Waals surface area contributed by atoms with E-state index in [-0.39, 0.29) is 10.6 Å². The lowest BCUT2D eigenvalue weighted by molar-refractivity contribution is 0.0693. The van der Waals surface area contributed by atoms with Crippen molar-refractivity contribution in [2.24, 2.45) is 0 Å². The number of hydrogen-bond acceptors (Lipinski definition) is 5. The highest BCUT2D eigenvalue weighted by molar-refractivity contribution is 7.99. The van der Waals surface area contributed by atoms with Crippen LogP contribution < -0.4 is 4.74 Å². The van der Waals surface area contributed by atoms with Crippen LogP contribution in [0.25, 0.3) is 0 Å². The van der Waals surface area contributed by atoms with Crippen LogP contribution in [0.1, 0.15) is 16.1 Å². The third-order valence-electron chi connectivity index (χ3n) is 2.41. The second-order valence-electron chi connectivity index (χ2n) is 3.85. The lowest BCUT2D eigenvalue weighted by atomic mass is 10.2. The minimum atomic E-state index is -1.09. The zero-order chi connectivity index (χ0) is 14.7. The van der Waals surface area contributed by atoms with Crippen LogP contribution in [0.3, 0.4) is 0 Å². The lowest BCUT2D eigenvalue weighted by Crippen LogP contribution is -2.01. The number of nitrogens with zero attached hydrogens (tertiary/aromatic N) is 2. The van der Waals surface area contributed by atoms with Crippen molar-refractivity contribution in [1.82, 2.24) is 9.97 Å². The minimum Gasteiger partial charge on any atom is -0.481 e. The summed E-state index contributed by atoms with van der Waals surface area (Å²) in [5.74, 6) is -0.656. The first kappa shape index (κ1) is 14.6. The molecule has 2 rings (SSSR count). The fraction of sp³-hybridized carbons (Fsp3) is 0.154. The van der Waals surface area contributed by atoms with Gasteiger partial charge in [-0.2, -0.15) is 4.98 Å². The van der Waals surface area contributed by atoms with E-state index < -0.39 is 5.97 Å². The maximum absolute atomic E-state index is 11.3. The number of methoxy groups -OCH3 is 1. The first-order chi connectivity index (χ1) is 9.51. The Kier molecular flexibility index (Phi) is 4.46. The molecule has 5 nitrogen and oxygen atoms in total. The van der Waals surface area contributed by atoms with E-state index in [2.05, 4.69) is 9.97 Å². The molecule has 104 valence electrons. The van der Waals surface area contributed by atoms with Gasteiger partial charge in [-0.15, -0.1) is 0 Å². The monoisotopic (exact) mass is 310 g/mol. The summed E-state index contributed by atoms with van der Waals surface area (Å²) in [6.07, 6.45) is 0. The predicted molar refractivity (Wildman–Crippen MR) is 75.9 cm³/mol. The summed E-state index contributed by atoms with van der Waals surface area (Å²) in [6, 6.07) is 6.58. The fourth-order valence-electron chi connectivity index (χ4n) is 1.56. The van der Waals surface area contributed by atoms with Gasteiger partial charge in [-0.05, 0) is 30.8 Å². The normalized spacial score (nSPS) is 10.3. The van der Waals surface area contributed by atoms with Crippen molar-refractivity contribution in [1.29, 1.82) is 0 Å². The Morgan fingerprint density at radius 1 is 1.40 bits per heavy atom. The Labute approximate surface area is 125 Å². The molecule has 0 bridgehead atoms. The maximum atomic E-state index is 11.3. The van der Waals surface area contributed by atoms with Gasteiger partial charge in [-0.1, -0.05) is 17.7 Å². The highest BCUT2D eigenvalue weighted by atomic mass is 35.5. The van der Waals surface area contributed by atoms with E-state index in [4.69, 9.17) is 16.3 Å². The summed E-state index contributed by atoms with van der Waals surface area (Å²) < 4.78 is 5.07. The number of carboxylic acids is 1. The van der Waals surface area contributed by atoms with Crippen LogP contribution in [-0.4, -0.2) is 28.2 Å². The Balaban J connectivity index is 2.42. The predicted octanol–water partition coefficient (Wildman–Crippen LogP) is 3.30. The number of carbonyl (C=O) groups is 1. The van der Waals surface area contributed by atoms with Crippen molar-refractivity contribution in [3.63, 3.8) is 0 Å². The number of aromatic carboxylic acids is 1. The molecule has 1 heterocycles. The van der Waals surface area contributed by atoms with Gasteiger partial charge < -0.3 is 9.84 Å². The molecule has 0 aliphatic carbocycles. The number of ether oxygens (including phenoxy) is 1. The molecule has 1 aromatic heterocycles. The van der Waals surface area contributed by atoms with Gasteiger partial charge in [-0.25, -0.2) is 9.78 Å². The van der Waals surface area contributed by atoms with Crippen LogP contribution >= 0.6 is 23.4 Å². The molecule has 0 saturated heterocycles. The van der Waals surface area contributed by atoms with Crippen LogP contribution in [-0.2, 0) is 0 Å². The molecule has 1 aromatic carbocycles. The second kappa shape index (κ2) is 6.11. The average molecular weight is 311 g/mol. The molecule has 0 radical (unpaired) electrons. The number of aryl methyl sites for hydroxylation is 1. The Morgan fingerprint density at radius 2 is 2.15 bits per heavy atom. The largest absolute Gasteiger partial charge is 0.481 e. The molecule has 0 spiro atoms. The highest BCUT2D eigenvalue weighted by Crippen LogP contribution is 2.32. The van der Waals surface area contributed by atoms with Gasteiger partial charge in [0.1, 0.15) is 0 Å². The van der Waals surface area contributed by atoms with E-state index in [0.29, 0.717) is 15.9 Å². The van der Waals surface area contributed by atoms with Crippen molar-refractivity contribution in [2.45, 2.75) is 17.0 Å². The smallest absolute Gasteiger partial charge is 0.338 e. The topological polar surface area (TPSA) is 72.3 Å². The van der Waals surface area contributed by atoms with Gasteiger partial charge in [0.15, 0.2) is 5.16 Å². The highest BCUT2D eigenvalue weighted by Gasteiger charge is 2.16. The van der Waals surface area contributed by atoms with Crippen LogP contribution in [0.4, 0.5) is 0 Å². The molecular weight excluding hydrogens is 300 g/mol. The van der Waals surface area contributed by atoms with Crippen LogP contribution in [0.2, 0.25) is 5.02 Å². The van der Waals surface area contributed by atoms with E-state index in [1.165, 1.54) is 13.2 Å². The summed E-state index contributed by atoms with van der Waals surface area (Å²) in [6.45, 7) is 1.81. The van der Waals surface area contributed by atoms with Gasteiger partial charge >= 0.3 is 5.97 Å². The van der Waals surface area contributed by atoms with Gasteiger partial charge in [0, 0.05) is 16.7 Å². The van der Waals surface area contributed by atoms with Crippen LogP contribution in [0, 0.1) is 6.92 Å². The number of rotatable bonds is 4. The Morgan fingerprint density at radius 3 is 2.80 bits per heavy atom. The van der Waals surface area contributed by atoms with E-state index in [1.807, 2.05) is 6.92 Å². The average Bonchev–Trinajstić information content (AvgIpc) is 2.37. The molecule has 20 heavy (non-hydrogen) atoms. The second-order valence-corrected chi connectivity index (χ2v) is 5.27. The fourth-order valence-corrected chi connectivity index (χ4v) is 2.84. The molecule has 7 heteroatoms. The third kappa shape index (κ3) is 3.20. The van der Waals surface area contributed by atoms with Crippen molar-refractivity contribution in [3.05, 3.63) is 40.5 Å². The summed E-state index contributed by atoms with van der Waals surface area (Å²) in [5.41, 5.74) is 0.779. The van der Waals surface area contributed by atoms with Crippen molar-refractivity contribution in [2.75, 3.05) is 7.11 Å². The molecule has 0 aliphatic rings.